The molecule has 8 N–H and O–H groups in total. The molecule has 0 spiro atoms. The third-order valence-corrected chi connectivity index (χ3v) is 14.1. The van der Waals surface area contributed by atoms with Crippen molar-refractivity contribution in [2.45, 2.75) is 138 Å². The molecule has 19 heteroatoms. The third kappa shape index (κ3) is 11.4. The van der Waals surface area contributed by atoms with E-state index < -0.39 is 23.8 Å². The van der Waals surface area contributed by atoms with Gasteiger partial charge in [0.25, 0.3) is 0 Å². The number of halogens is 1. The fourth-order valence-electron chi connectivity index (χ4n) is 10.5. The highest BCUT2D eigenvalue weighted by molar-refractivity contribution is 6.21. The summed E-state index contributed by atoms with van der Waals surface area (Å²) in [4.78, 5) is 52.0. The van der Waals surface area contributed by atoms with Crippen molar-refractivity contribution in [2.24, 2.45) is 17.8 Å². The van der Waals surface area contributed by atoms with Crippen LogP contribution in [0.4, 0.5) is 0 Å². The molecule has 5 aliphatic heterocycles. The molecule has 0 aromatic carbocycles. The number of alkyl halides is 1. The van der Waals surface area contributed by atoms with Crippen LogP contribution in [0.3, 0.4) is 0 Å². The Morgan fingerprint density at radius 2 is 1.63 bits per heavy atom. The van der Waals surface area contributed by atoms with Gasteiger partial charge in [0.15, 0.2) is 0 Å². The number of carbonyl (C=O) groups is 4. The SMILES string of the molecule is CCC(CC)C1CC(N[C@H]2CC[C@H](NCCOCCOCCOCCN3CC(CNC4CCCC5C(=O)N(C6CCC(=O)NC6=O)C(=O)C45)NN3)C2)N2NCC(Cl)C2N1. The maximum Gasteiger partial charge on any atom is 0.249 e. The lowest BCUT2D eigenvalue weighted by Crippen LogP contribution is -2.67. The number of rotatable bonds is 22. The van der Waals surface area contributed by atoms with Crippen LogP contribution in [0.2, 0.25) is 0 Å². The number of hydrogen-bond acceptors (Lipinski definition) is 16. The van der Waals surface area contributed by atoms with Crippen molar-refractivity contribution in [3.8, 4) is 0 Å². The number of nitrogens with one attached hydrogen (secondary N) is 8. The molecule has 0 aromatic heterocycles. The lowest BCUT2D eigenvalue weighted by molar-refractivity contribution is -0.151. The number of ether oxygens (including phenoxy) is 3. The molecule has 0 aromatic rings. The highest BCUT2D eigenvalue weighted by Gasteiger charge is 2.55. The fraction of sp³-hybridized carbons (Fsp3) is 0.900. The number of piperidine rings is 1. The van der Waals surface area contributed by atoms with Crippen molar-refractivity contribution in [1.82, 2.24) is 57.9 Å². The standard InChI is InChI=1S/C40H70ClN11O7/c1-3-25(4-2)32-21-34(52-37(46-32)30(41)23-44-52)45-27-9-8-26(20-27)42-12-14-57-16-18-59-19-17-58-15-13-50-24-28(48-49-50)22-43-31-7-5-6-29-36(31)40(56)51(39(29)55)33-10-11-35(53)47-38(33)54/h25-34,36-37,42-46,48-49H,3-24H2,1-2H3,(H,47,53,54)/t26-,27-,28?,29?,30?,31?,32?,33?,34?,36?,37?/m0/s1. The van der Waals surface area contributed by atoms with Gasteiger partial charge in [-0.1, -0.05) is 33.1 Å². The summed E-state index contributed by atoms with van der Waals surface area (Å²) < 4.78 is 17.3. The topological polar surface area (TPSA) is 202 Å². The van der Waals surface area contributed by atoms with Gasteiger partial charge in [-0.3, -0.25) is 45.5 Å². The molecule has 0 bridgehead atoms. The third-order valence-electron chi connectivity index (χ3n) is 13.7. The van der Waals surface area contributed by atoms with Crippen LogP contribution in [0.5, 0.6) is 0 Å². The Morgan fingerprint density at radius 1 is 0.864 bits per heavy atom. The van der Waals surface area contributed by atoms with E-state index in [1.807, 2.05) is 0 Å². The number of hydrogen-bond donors (Lipinski definition) is 8. The first-order valence-electron chi connectivity index (χ1n) is 22.6. The largest absolute Gasteiger partial charge is 0.378 e. The Morgan fingerprint density at radius 3 is 2.41 bits per heavy atom. The summed E-state index contributed by atoms with van der Waals surface area (Å²) in [6.45, 7) is 11.6. The summed E-state index contributed by atoms with van der Waals surface area (Å²) in [5, 5.41) is 21.8. The van der Waals surface area contributed by atoms with Crippen LogP contribution >= 0.6 is 11.6 Å². The van der Waals surface area contributed by atoms with Crippen LogP contribution in [0.25, 0.3) is 0 Å². The minimum absolute atomic E-state index is 0.0754. The Labute approximate surface area is 354 Å². The van der Waals surface area contributed by atoms with Crippen LogP contribution < -0.4 is 43.0 Å². The minimum atomic E-state index is -0.899. The second kappa shape index (κ2) is 21.9. The number of likely N-dealkylation sites (tertiary alicyclic amines) is 1. The number of hydrazine groups is 3. The van der Waals surface area contributed by atoms with Crippen molar-refractivity contribution < 1.29 is 33.4 Å². The van der Waals surface area contributed by atoms with Gasteiger partial charge in [0.05, 0.1) is 69.2 Å². The zero-order valence-electron chi connectivity index (χ0n) is 35.1. The van der Waals surface area contributed by atoms with Crippen LogP contribution in [-0.2, 0) is 33.4 Å². The Kier molecular flexibility index (Phi) is 16.8. The molecular weight excluding hydrogens is 782 g/mol. The molecule has 18 nitrogen and oxygen atoms in total. The number of carbonyl (C=O) groups excluding carboxylic acids is 4. The molecule has 4 amide bonds. The van der Waals surface area contributed by atoms with Crippen LogP contribution in [0, 0.1) is 17.8 Å². The van der Waals surface area contributed by atoms with Gasteiger partial charge in [-0.2, -0.15) is 5.53 Å². The molecule has 5 heterocycles. The van der Waals surface area contributed by atoms with Gasteiger partial charge >= 0.3 is 0 Å². The molecule has 0 radical (unpaired) electrons. The van der Waals surface area contributed by atoms with E-state index in [0.29, 0.717) is 83.2 Å². The van der Waals surface area contributed by atoms with Crippen LogP contribution in [0.15, 0.2) is 0 Å². The number of imide groups is 2. The summed E-state index contributed by atoms with van der Waals surface area (Å²) in [5.41, 5.74) is 10.0. The highest BCUT2D eigenvalue weighted by Crippen LogP contribution is 2.40. The van der Waals surface area contributed by atoms with Crippen molar-refractivity contribution >= 4 is 35.2 Å². The Hall–Kier alpha value is -1.91. The molecule has 7 rings (SSSR count). The molecule has 334 valence electrons. The normalized spacial score (nSPS) is 35.6. The summed E-state index contributed by atoms with van der Waals surface area (Å²) in [6.07, 6.45) is 9.96. The highest BCUT2D eigenvalue weighted by atomic mass is 35.5. The van der Waals surface area contributed by atoms with E-state index in [2.05, 4.69) is 66.8 Å². The molecule has 9 unspecified atom stereocenters. The summed E-state index contributed by atoms with van der Waals surface area (Å²) in [5.74, 6) is -1.74. The second-order valence-corrected chi connectivity index (χ2v) is 18.0. The first-order valence-corrected chi connectivity index (χ1v) is 23.0. The maximum absolute atomic E-state index is 13.5. The van der Waals surface area contributed by atoms with Gasteiger partial charge < -0.3 is 24.8 Å². The predicted molar refractivity (Wildman–Crippen MR) is 220 cm³/mol. The van der Waals surface area contributed by atoms with E-state index in [1.54, 1.807) is 0 Å². The molecule has 7 aliphatic rings. The van der Waals surface area contributed by atoms with Crippen molar-refractivity contribution in [3.63, 3.8) is 0 Å². The lowest BCUT2D eigenvalue weighted by Gasteiger charge is -2.46. The van der Waals surface area contributed by atoms with Gasteiger partial charge in [-0.05, 0) is 50.9 Å². The van der Waals surface area contributed by atoms with Crippen molar-refractivity contribution in [2.75, 3.05) is 72.4 Å². The van der Waals surface area contributed by atoms with Crippen molar-refractivity contribution in [3.05, 3.63) is 0 Å². The van der Waals surface area contributed by atoms with E-state index in [4.69, 9.17) is 25.8 Å². The van der Waals surface area contributed by atoms with E-state index in [-0.39, 0.29) is 60.4 Å². The van der Waals surface area contributed by atoms with Gasteiger partial charge in [0, 0.05) is 69.4 Å². The molecule has 2 saturated carbocycles. The quantitative estimate of drug-likeness (QED) is 0.0384. The van der Waals surface area contributed by atoms with E-state index >= 15 is 0 Å². The van der Waals surface area contributed by atoms with Crippen LogP contribution in [-0.4, -0.2) is 165 Å². The van der Waals surface area contributed by atoms with Gasteiger partial charge in [0.2, 0.25) is 23.6 Å². The average Bonchev–Trinajstić information content (AvgIpc) is 4.02. The Bertz CT molecular complexity index is 1420. The first-order chi connectivity index (χ1) is 28.7. The lowest BCUT2D eigenvalue weighted by atomic mass is 9.77. The Balaban J connectivity index is 0.681. The molecule has 11 atom stereocenters. The number of amides is 4. The smallest absolute Gasteiger partial charge is 0.249 e. The molecule has 59 heavy (non-hydrogen) atoms. The number of fused-ring (bicyclic) bond motifs is 2. The van der Waals surface area contributed by atoms with Crippen LogP contribution in [0.1, 0.15) is 84.5 Å². The summed E-state index contributed by atoms with van der Waals surface area (Å²) in [6, 6.07) is 0.540. The zero-order chi connectivity index (χ0) is 41.3. The summed E-state index contributed by atoms with van der Waals surface area (Å²) in [7, 11) is 0. The van der Waals surface area contributed by atoms with Gasteiger partial charge in [-0.25, -0.2) is 15.4 Å². The van der Waals surface area contributed by atoms with Gasteiger partial charge in [-0.15, -0.1) is 11.6 Å². The molecular formula is C40H70ClN11O7. The monoisotopic (exact) mass is 852 g/mol. The van der Waals surface area contributed by atoms with E-state index in [9.17, 15) is 19.2 Å². The van der Waals surface area contributed by atoms with E-state index in [0.717, 1.165) is 50.2 Å². The molecule has 2 aliphatic carbocycles. The average molecular weight is 853 g/mol. The second-order valence-electron chi connectivity index (χ2n) is 17.5. The van der Waals surface area contributed by atoms with Crippen molar-refractivity contribution in [1.29, 1.82) is 0 Å². The maximum atomic E-state index is 13.5. The molecule has 5 saturated heterocycles. The zero-order valence-corrected chi connectivity index (χ0v) is 35.8. The van der Waals surface area contributed by atoms with E-state index in [1.165, 1.54) is 25.7 Å². The first kappa shape index (κ1) is 45.1. The minimum Gasteiger partial charge on any atom is -0.378 e. The van der Waals surface area contributed by atoms with Gasteiger partial charge in [0.1, 0.15) is 6.04 Å². The predicted octanol–water partition coefficient (Wildman–Crippen LogP) is -0.744. The number of nitrogens with zero attached hydrogens (tertiary/aromatic N) is 3. The molecule has 7 fully saturated rings. The fourth-order valence-corrected chi connectivity index (χ4v) is 10.8. The summed E-state index contributed by atoms with van der Waals surface area (Å²) >= 11 is 6.71.